The molecule has 7 nitrogen and oxygen atoms in total. The van der Waals surface area contributed by atoms with Crippen LogP contribution >= 0.6 is 0 Å². The van der Waals surface area contributed by atoms with E-state index in [0.29, 0.717) is 0 Å². The van der Waals surface area contributed by atoms with Gasteiger partial charge in [0, 0.05) is 6.20 Å². The van der Waals surface area contributed by atoms with Gasteiger partial charge in [-0.1, -0.05) is 0 Å². The maximum absolute atomic E-state index is 10.7. The lowest BCUT2D eigenvalue weighted by Gasteiger charge is -1.99. The first-order chi connectivity index (χ1) is 6.04. The number of primary amides is 1. The largest absolute Gasteiger partial charge is 0.392 e. The van der Waals surface area contributed by atoms with Crippen molar-refractivity contribution in [3.63, 3.8) is 0 Å². The fourth-order valence-electron chi connectivity index (χ4n) is 0.854. The van der Waals surface area contributed by atoms with E-state index in [2.05, 4.69) is 4.98 Å². The van der Waals surface area contributed by atoms with Crippen molar-refractivity contribution in [2.75, 3.05) is 5.73 Å². The molecule has 0 saturated carbocycles. The van der Waals surface area contributed by atoms with E-state index >= 15 is 0 Å². The molecule has 13 heavy (non-hydrogen) atoms. The molecule has 0 aliphatic rings. The molecule has 0 aliphatic heterocycles. The maximum Gasteiger partial charge on any atom is 0.307 e. The molecule has 4 N–H and O–H groups in total. The highest BCUT2D eigenvalue weighted by molar-refractivity contribution is 5.98. The van der Waals surface area contributed by atoms with Crippen molar-refractivity contribution in [3.8, 4) is 0 Å². The summed E-state index contributed by atoms with van der Waals surface area (Å²) < 4.78 is 0. The number of amides is 1. The number of carbonyl (C=O) groups is 1. The van der Waals surface area contributed by atoms with Crippen LogP contribution in [-0.2, 0) is 0 Å². The molecule has 0 spiro atoms. The summed E-state index contributed by atoms with van der Waals surface area (Å²) in [5, 5.41) is 10.4. The summed E-state index contributed by atoms with van der Waals surface area (Å²) in [6, 6.07) is 0. The molecule has 0 saturated heterocycles. The zero-order valence-electron chi connectivity index (χ0n) is 6.43. The number of rotatable bonds is 2. The van der Waals surface area contributed by atoms with E-state index in [0.717, 1.165) is 12.4 Å². The number of aromatic nitrogens is 1. The predicted molar refractivity (Wildman–Crippen MR) is 43.8 cm³/mol. The van der Waals surface area contributed by atoms with Crippen molar-refractivity contribution in [2.45, 2.75) is 0 Å². The monoisotopic (exact) mass is 182 g/mol. The van der Waals surface area contributed by atoms with Crippen LogP contribution in [0.15, 0.2) is 12.4 Å². The molecule has 1 aromatic rings. The summed E-state index contributed by atoms with van der Waals surface area (Å²) in [6.45, 7) is 0. The van der Waals surface area contributed by atoms with Crippen LogP contribution in [-0.4, -0.2) is 15.8 Å². The fraction of sp³-hybridized carbons (Fsp3) is 0. The number of nitro groups is 1. The molecular weight excluding hydrogens is 176 g/mol. The van der Waals surface area contributed by atoms with Gasteiger partial charge in [-0.3, -0.25) is 19.9 Å². The molecular formula is C6H6N4O3. The molecule has 0 aromatic carbocycles. The van der Waals surface area contributed by atoms with E-state index in [-0.39, 0.29) is 11.3 Å². The summed E-state index contributed by atoms with van der Waals surface area (Å²) in [5.41, 5.74) is 9.17. The molecule has 68 valence electrons. The summed E-state index contributed by atoms with van der Waals surface area (Å²) in [7, 11) is 0. The van der Waals surface area contributed by atoms with Crippen molar-refractivity contribution < 1.29 is 9.72 Å². The van der Waals surface area contributed by atoms with Crippen LogP contribution in [0.3, 0.4) is 0 Å². The molecule has 0 fully saturated rings. The number of nitrogens with two attached hydrogens (primary N) is 2. The molecule has 7 heteroatoms. The number of nitrogen functional groups attached to an aromatic ring is 1. The Morgan fingerprint density at radius 3 is 2.54 bits per heavy atom. The van der Waals surface area contributed by atoms with Gasteiger partial charge in [-0.25, -0.2) is 0 Å². The van der Waals surface area contributed by atoms with E-state index in [9.17, 15) is 14.9 Å². The highest BCUT2D eigenvalue weighted by Gasteiger charge is 2.21. The van der Waals surface area contributed by atoms with E-state index < -0.39 is 16.5 Å². The van der Waals surface area contributed by atoms with E-state index in [1.54, 1.807) is 0 Å². The number of pyridine rings is 1. The highest BCUT2D eigenvalue weighted by atomic mass is 16.6. The van der Waals surface area contributed by atoms with Gasteiger partial charge in [-0.2, -0.15) is 0 Å². The van der Waals surface area contributed by atoms with Crippen LogP contribution in [0, 0.1) is 10.1 Å². The molecule has 0 unspecified atom stereocenters. The van der Waals surface area contributed by atoms with E-state index in [4.69, 9.17) is 11.5 Å². The first kappa shape index (κ1) is 8.91. The summed E-state index contributed by atoms with van der Waals surface area (Å²) in [4.78, 5) is 23.9. The molecule has 0 aliphatic carbocycles. The SMILES string of the molecule is NC(=O)c1cncc(N)c1[N+](=O)[O-]. The third kappa shape index (κ3) is 1.53. The molecule has 1 rings (SSSR count). The van der Waals surface area contributed by atoms with Gasteiger partial charge in [0.2, 0.25) is 0 Å². The van der Waals surface area contributed by atoms with E-state index in [1.807, 2.05) is 0 Å². The predicted octanol–water partition coefficient (Wildman–Crippen LogP) is -0.329. The van der Waals surface area contributed by atoms with Gasteiger partial charge in [0.15, 0.2) is 0 Å². The lowest BCUT2D eigenvalue weighted by Crippen LogP contribution is -2.14. The van der Waals surface area contributed by atoms with Crippen molar-refractivity contribution >= 4 is 17.3 Å². The van der Waals surface area contributed by atoms with Gasteiger partial charge in [0.1, 0.15) is 11.3 Å². The number of anilines is 1. The fourth-order valence-corrected chi connectivity index (χ4v) is 0.854. The topological polar surface area (TPSA) is 125 Å². The lowest BCUT2D eigenvalue weighted by atomic mass is 10.2. The van der Waals surface area contributed by atoms with E-state index in [1.165, 1.54) is 0 Å². The number of hydrogen-bond acceptors (Lipinski definition) is 5. The lowest BCUT2D eigenvalue weighted by molar-refractivity contribution is -0.384. The van der Waals surface area contributed by atoms with Crippen LogP contribution in [0.5, 0.6) is 0 Å². The normalized spacial score (nSPS) is 9.54. The summed E-state index contributed by atoms with van der Waals surface area (Å²) in [5.74, 6) is -0.925. The molecule has 0 atom stereocenters. The Morgan fingerprint density at radius 1 is 1.54 bits per heavy atom. The standard InChI is InChI=1S/C6H6N4O3/c7-4-2-9-1-3(6(8)11)5(4)10(12)13/h1-2H,7H2,(H2,8,11). The second-order valence-electron chi connectivity index (χ2n) is 2.25. The Bertz CT molecular complexity index is 376. The summed E-state index contributed by atoms with van der Waals surface area (Å²) in [6.07, 6.45) is 2.10. The smallest absolute Gasteiger partial charge is 0.307 e. The molecule has 0 radical (unpaired) electrons. The average Bonchev–Trinajstić information content (AvgIpc) is 2.02. The third-order valence-electron chi connectivity index (χ3n) is 1.39. The second-order valence-corrected chi connectivity index (χ2v) is 2.25. The Morgan fingerprint density at radius 2 is 2.15 bits per heavy atom. The third-order valence-corrected chi connectivity index (χ3v) is 1.39. The van der Waals surface area contributed by atoms with Gasteiger partial charge in [-0.15, -0.1) is 0 Å². The van der Waals surface area contributed by atoms with Crippen LogP contribution in [0.2, 0.25) is 0 Å². The number of nitrogens with zero attached hydrogens (tertiary/aromatic N) is 2. The molecule has 1 aromatic heterocycles. The van der Waals surface area contributed by atoms with Gasteiger partial charge < -0.3 is 11.5 Å². The Balaban J connectivity index is 3.43. The van der Waals surface area contributed by atoms with Gasteiger partial charge >= 0.3 is 5.69 Å². The highest BCUT2D eigenvalue weighted by Crippen LogP contribution is 2.23. The molecule has 1 heterocycles. The quantitative estimate of drug-likeness (QED) is 0.478. The maximum atomic E-state index is 10.7. The van der Waals surface area contributed by atoms with Crippen molar-refractivity contribution in [2.24, 2.45) is 5.73 Å². The first-order valence-corrected chi connectivity index (χ1v) is 3.21. The Labute approximate surface area is 72.5 Å². The van der Waals surface area contributed by atoms with Gasteiger partial charge in [-0.05, 0) is 0 Å². The summed E-state index contributed by atoms with van der Waals surface area (Å²) >= 11 is 0. The minimum absolute atomic E-state index is 0.179. The number of hydrogen-bond donors (Lipinski definition) is 2. The second kappa shape index (κ2) is 3.05. The molecule has 1 amide bonds. The zero-order chi connectivity index (χ0) is 10.0. The van der Waals surface area contributed by atoms with Crippen molar-refractivity contribution in [3.05, 3.63) is 28.1 Å². The van der Waals surface area contributed by atoms with Crippen LogP contribution in [0.1, 0.15) is 10.4 Å². The van der Waals surface area contributed by atoms with Crippen molar-refractivity contribution in [1.29, 1.82) is 0 Å². The Kier molecular flexibility index (Phi) is 2.09. The number of carbonyl (C=O) groups excluding carboxylic acids is 1. The first-order valence-electron chi connectivity index (χ1n) is 3.21. The minimum atomic E-state index is -0.925. The van der Waals surface area contributed by atoms with Crippen LogP contribution in [0.4, 0.5) is 11.4 Å². The molecule has 0 bridgehead atoms. The average molecular weight is 182 g/mol. The van der Waals surface area contributed by atoms with Gasteiger partial charge in [0.25, 0.3) is 5.91 Å². The van der Waals surface area contributed by atoms with Crippen LogP contribution < -0.4 is 11.5 Å². The zero-order valence-corrected chi connectivity index (χ0v) is 6.43. The van der Waals surface area contributed by atoms with Crippen molar-refractivity contribution in [1.82, 2.24) is 4.98 Å². The minimum Gasteiger partial charge on any atom is -0.392 e. The van der Waals surface area contributed by atoms with Crippen LogP contribution in [0.25, 0.3) is 0 Å². The van der Waals surface area contributed by atoms with Gasteiger partial charge in [0.05, 0.1) is 11.1 Å². The Hall–Kier alpha value is -2.18.